The maximum absolute atomic E-state index is 12.8. The van der Waals surface area contributed by atoms with Crippen LogP contribution in [0.3, 0.4) is 0 Å². The Kier molecular flexibility index (Phi) is 10.5. The summed E-state index contributed by atoms with van der Waals surface area (Å²) in [6.07, 6.45) is 7.05. The van der Waals surface area contributed by atoms with E-state index in [1.54, 1.807) is 0 Å². The van der Waals surface area contributed by atoms with Gasteiger partial charge >= 0.3 is 11.9 Å². The Bertz CT molecular complexity index is 1450. The van der Waals surface area contributed by atoms with Crippen LogP contribution in [0.5, 0.6) is 5.75 Å². The number of ether oxygens (including phenoxy) is 2. The van der Waals surface area contributed by atoms with Gasteiger partial charge in [-0.25, -0.2) is 8.78 Å². The molecule has 0 aliphatic heterocycles. The van der Waals surface area contributed by atoms with Crippen LogP contribution in [0.25, 0.3) is 0 Å². The highest BCUT2D eigenvalue weighted by Gasteiger charge is 2.55. The number of hydrogen-bond acceptors (Lipinski definition) is 4. The number of rotatable bonds is 9. The molecule has 3 aromatic rings. The van der Waals surface area contributed by atoms with Crippen molar-refractivity contribution in [1.82, 2.24) is 0 Å². The number of hydrogen-bond donors (Lipinski definition) is 0. The van der Waals surface area contributed by atoms with Crippen LogP contribution in [0, 0.1) is 42.4 Å². The molecule has 0 spiro atoms. The molecule has 0 unspecified atom stereocenters. The summed E-state index contributed by atoms with van der Waals surface area (Å²) in [5.41, 5.74) is 1.07. The zero-order valence-electron chi connectivity index (χ0n) is 28.6. The molecule has 0 atom stereocenters. The van der Waals surface area contributed by atoms with Crippen LogP contribution in [-0.2, 0) is 25.2 Å². The molecule has 0 amide bonds. The second-order valence-corrected chi connectivity index (χ2v) is 16.8. The molecule has 4 nitrogen and oxygen atoms in total. The van der Waals surface area contributed by atoms with E-state index in [4.69, 9.17) is 9.47 Å². The van der Waals surface area contributed by atoms with Gasteiger partial charge in [-0.2, -0.15) is 0 Å². The number of benzene rings is 3. The molecule has 0 aromatic heterocycles. The predicted octanol–water partition coefficient (Wildman–Crippen LogP) is 10.1. The first kappa shape index (κ1) is 35.1. The van der Waals surface area contributed by atoms with Gasteiger partial charge in [0.2, 0.25) is 0 Å². The van der Waals surface area contributed by atoms with Crippen molar-refractivity contribution in [3.8, 4) is 5.75 Å². The number of carbonyl (C=O) groups excluding carboxylic acids is 2. The van der Waals surface area contributed by atoms with Gasteiger partial charge in [-0.1, -0.05) is 43.3 Å². The average molecular weight is 664 g/mol. The number of alkyl halides is 2. The summed E-state index contributed by atoms with van der Waals surface area (Å²) in [6, 6.07) is 25.5. The fourth-order valence-electron chi connectivity index (χ4n) is 7.79. The molecule has 3 aromatic carbocycles. The van der Waals surface area contributed by atoms with Crippen molar-refractivity contribution in [1.29, 1.82) is 0 Å². The first-order valence-electron chi connectivity index (χ1n) is 16.9. The topological polar surface area (TPSA) is 52.6 Å². The third kappa shape index (κ3) is 8.28. The zero-order chi connectivity index (χ0) is 34.0. The molecule has 0 radical (unpaired) electrons. The van der Waals surface area contributed by atoms with Crippen molar-refractivity contribution >= 4 is 22.8 Å². The van der Waals surface area contributed by atoms with Crippen molar-refractivity contribution in [2.24, 2.45) is 28.6 Å². The minimum Gasteiger partial charge on any atom is -0.459 e. The van der Waals surface area contributed by atoms with E-state index in [9.17, 15) is 18.4 Å². The van der Waals surface area contributed by atoms with E-state index < -0.39 is 23.4 Å². The Labute approximate surface area is 282 Å². The first-order valence-corrected chi connectivity index (χ1v) is 18.1. The first-order chi connectivity index (χ1) is 22.2. The molecule has 4 aliphatic rings. The van der Waals surface area contributed by atoms with Crippen molar-refractivity contribution < 1.29 is 27.8 Å². The van der Waals surface area contributed by atoms with Crippen LogP contribution in [0.2, 0.25) is 0 Å². The van der Waals surface area contributed by atoms with Gasteiger partial charge in [0.1, 0.15) is 5.75 Å². The van der Waals surface area contributed by atoms with Gasteiger partial charge in [0.15, 0.2) is 21.3 Å². The molecule has 7 heteroatoms. The summed E-state index contributed by atoms with van der Waals surface area (Å²) < 4.78 is 36.3. The van der Waals surface area contributed by atoms with Crippen LogP contribution >= 0.6 is 0 Å². The summed E-state index contributed by atoms with van der Waals surface area (Å²) in [5.74, 6) is -0.877. The molecular formula is C40H49F2O4S+. The van der Waals surface area contributed by atoms with E-state index in [2.05, 4.69) is 60.7 Å². The SMILES string of the molecule is CC(F)(F)COC(=O)C12CC3CC(CC(C3)C1)C2.CCC(C)(C)C(=O)Oc1c(C)cc([S+](c2ccccc2)c2ccccc2)cc1C. The minimum absolute atomic E-state index is 0.177. The summed E-state index contributed by atoms with van der Waals surface area (Å²) in [4.78, 5) is 28.6. The maximum atomic E-state index is 12.8. The zero-order valence-corrected chi connectivity index (χ0v) is 29.4. The van der Waals surface area contributed by atoms with Gasteiger partial charge in [-0.3, -0.25) is 9.59 Å². The lowest BCUT2D eigenvalue weighted by molar-refractivity contribution is -0.180. The van der Waals surface area contributed by atoms with Crippen molar-refractivity contribution in [3.05, 3.63) is 83.9 Å². The Balaban J connectivity index is 0.000000205. The third-order valence-electron chi connectivity index (χ3n) is 10.2. The molecule has 0 heterocycles. The Morgan fingerprint density at radius 2 is 1.23 bits per heavy atom. The molecule has 4 bridgehead atoms. The van der Waals surface area contributed by atoms with E-state index in [1.165, 1.54) is 33.9 Å². The second kappa shape index (κ2) is 14.1. The van der Waals surface area contributed by atoms with Gasteiger partial charge < -0.3 is 9.47 Å². The molecule has 4 fully saturated rings. The number of carbonyl (C=O) groups is 2. The lowest BCUT2D eigenvalue weighted by atomic mass is 9.49. The lowest BCUT2D eigenvalue weighted by Crippen LogP contribution is -2.51. The van der Waals surface area contributed by atoms with Gasteiger partial charge in [0.25, 0.3) is 5.92 Å². The van der Waals surface area contributed by atoms with Crippen molar-refractivity contribution in [3.63, 3.8) is 0 Å². The van der Waals surface area contributed by atoms with Gasteiger partial charge in [-0.15, -0.1) is 0 Å². The van der Waals surface area contributed by atoms with E-state index >= 15 is 0 Å². The van der Waals surface area contributed by atoms with Crippen LogP contribution in [0.15, 0.2) is 87.5 Å². The summed E-state index contributed by atoms with van der Waals surface area (Å²) in [5, 5.41) is 0. The van der Waals surface area contributed by atoms with Crippen LogP contribution in [0.4, 0.5) is 8.78 Å². The third-order valence-corrected chi connectivity index (χ3v) is 12.4. The fourth-order valence-corrected chi connectivity index (χ4v) is 10.1. The Morgan fingerprint density at radius 3 is 1.64 bits per heavy atom. The van der Waals surface area contributed by atoms with E-state index in [1.807, 2.05) is 46.8 Å². The van der Waals surface area contributed by atoms with Crippen LogP contribution in [0.1, 0.15) is 83.8 Å². The molecule has 0 N–H and O–H groups in total. The smallest absolute Gasteiger partial charge is 0.316 e. The van der Waals surface area contributed by atoms with Gasteiger partial charge in [-0.05, 0) is 126 Å². The highest BCUT2D eigenvalue weighted by atomic mass is 32.2. The van der Waals surface area contributed by atoms with Crippen molar-refractivity contribution in [2.45, 2.75) is 107 Å². The Hall–Kier alpha value is -3.19. The molecule has 47 heavy (non-hydrogen) atoms. The highest BCUT2D eigenvalue weighted by molar-refractivity contribution is 7.97. The average Bonchev–Trinajstić information content (AvgIpc) is 3.02. The number of aryl methyl sites for hydroxylation is 2. The van der Waals surface area contributed by atoms with Crippen LogP contribution in [-0.4, -0.2) is 24.5 Å². The molecule has 0 saturated heterocycles. The van der Waals surface area contributed by atoms with E-state index in [-0.39, 0.29) is 22.8 Å². The van der Waals surface area contributed by atoms with Crippen molar-refractivity contribution in [2.75, 3.05) is 6.61 Å². The summed E-state index contributed by atoms with van der Waals surface area (Å²) in [6.45, 7) is 9.93. The molecular weight excluding hydrogens is 614 g/mol. The summed E-state index contributed by atoms with van der Waals surface area (Å²) >= 11 is 0. The van der Waals surface area contributed by atoms with E-state index in [0.29, 0.717) is 23.5 Å². The van der Waals surface area contributed by atoms with Gasteiger partial charge in [0, 0.05) is 19.1 Å². The van der Waals surface area contributed by atoms with E-state index in [0.717, 1.165) is 43.7 Å². The predicted molar refractivity (Wildman–Crippen MR) is 183 cm³/mol. The number of esters is 2. The lowest BCUT2D eigenvalue weighted by Gasteiger charge is -2.55. The quantitative estimate of drug-likeness (QED) is 0.130. The van der Waals surface area contributed by atoms with Crippen LogP contribution < -0.4 is 4.74 Å². The number of halogens is 2. The Morgan fingerprint density at radius 1 is 0.787 bits per heavy atom. The molecule has 4 saturated carbocycles. The minimum atomic E-state index is -2.92. The normalized spacial score (nSPS) is 23.2. The highest BCUT2D eigenvalue weighted by Crippen LogP contribution is 2.60. The largest absolute Gasteiger partial charge is 0.459 e. The fraction of sp³-hybridized carbons (Fsp3) is 0.500. The van der Waals surface area contributed by atoms with Gasteiger partial charge in [0.05, 0.1) is 21.7 Å². The monoisotopic (exact) mass is 663 g/mol. The maximum Gasteiger partial charge on any atom is 0.316 e. The molecule has 4 aliphatic carbocycles. The second-order valence-electron chi connectivity index (χ2n) is 14.8. The standard InChI is InChI=1S/C26H29O2S.C14H20F2O2/c1-6-26(4,5)25(27)28-24-19(2)17-23(18-20(24)3)29(21-13-9-7-10-14-21)22-15-11-8-12-16-22;1-13(15,16)8-18-12(17)14-5-9-2-10(6-14)4-11(3-9)7-14/h7-18H,6H2,1-5H3;9-11H,2-8H2,1H3/q+1;. The summed E-state index contributed by atoms with van der Waals surface area (Å²) in [7, 11) is -0.215. The molecule has 7 rings (SSSR count). The molecule has 252 valence electrons.